The van der Waals surface area contributed by atoms with Crippen molar-refractivity contribution in [2.75, 3.05) is 38.7 Å². The van der Waals surface area contributed by atoms with Crippen molar-refractivity contribution in [1.82, 2.24) is 10.2 Å². The Morgan fingerprint density at radius 3 is 2.21 bits per heavy atom. The largest absolute Gasteiger partial charge is 0.495 e. The summed E-state index contributed by atoms with van der Waals surface area (Å²) in [4.78, 5) is 28.5. The number of carbonyl (C=O) groups excluding carboxylic acids is 2. The van der Waals surface area contributed by atoms with Crippen LogP contribution in [-0.2, 0) is 26.2 Å². The van der Waals surface area contributed by atoms with E-state index in [2.05, 4.69) is 5.32 Å². The molecule has 3 aromatic rings. The van der Waals surface area contributed by atoms with Crippen LogP contribution < -0.4 is 23.8 Å². The van der Waals surface area contributed by atoms with Crippen molar-refractivity contribution in [3.05, 3.63) is 76.8 Å². The first-order valence-corrected chi connectivity index (χ1v) is 15.5. The Kier molecular flexibility index (Phi) is 11.7. The molecule has 0 aliphatic heterocycles. The van der Waals surface area contributed by atoms with Crippen molar-refractivity contribution in [1.29, 1.82) is 0 Å². The third-order valence-corrected chi connectivity index (χ3v) is 8.94. The van der Waals surface area contributed by atoms with Gasteiger partial charge in [0.25, 0.3) is 10.0 Å². The number of anilines is 1. The van der Waals surface area contributed by atoms with E-state index in [-0.39, 0.29) is 39.6 Å². The minimum absolute atomic E-state index is 0.0528. The van der Waals surface area contributed by atoms with Gasteiger partial charge in [-0.15, -0.1) is 0 Å². The predicted molar refractivity (Wildman–Crippen MR) is 167 cm³/mol. The van der Waals surface area contributed by atoms with Crippen LogP contribution in [0.4, 0.5) is 5.69 Å². The van der Waals surface area contributed by atoms with Gasteiger partial charge >= 0.3 is 0 Å². The van der Waals surface area contributed by atoms with Crippen LogP contribution in [0, 0.1) is 6.92 Å². The van der Waals surface area contributed by atoms with Gasteiger partial charge in [0.05, 0.1) is 31.9 Å². The van der Waals surface area contributed by atoms with E-state index in [0.29, 0.717) is 12.3 Å². The van der Waals surface area contributed by atoms with E-state index in [9.17, 15) is 18.0 Å². The number of benzene rings is 3. The lowest BCUT2D eigenvalue weighted by molar-refractivity contribution is -0.139. The summed E-state index contributed by atoms with van der Waals surface area (Å²) >= 11 is 6.30. The van der Waals surface area contributed by atoms with E-state index in [0.717, 1.165) is 21.9 Å². The molecular formula is C31H38ClN3O7S. The number of sulfonamides is 1. The Morgan fingerprint density at radius 1 is 0.930 bits per heavy atom. The lowest BCUT2D eigenvalue weighted by Crippen LogP contribution is -2.51. The summed E-state index contributed by atoms with van der Waals surface area (Å²) < 4.78 is 45.6. The van der Waals surface area contributed by atoms with Crippen LogP contribution in [0.1, 0.15) is 31.4 Å². The molecule has 2 amide bonds. The maximum atomic E-state index is 14.3. The van der Waals surface area contributed by atoms with E-state index < -0.39 is 28.5 Å². The fraction of sp³-hybridized carbons (Fsp3) is 0.355. The van der Waals surface area contributed by atoms with Gasteiger partial charge in [0.1, 0.15) is 18.3 Å². The molecule has 0 radical (unpaired) electrons. The number of nitrogens with zero attached hydrogens (tertiary/aromatic N) is 2. The average molecular weight is 632 g/mol. The lowest BCUT2D eigenvalue weighted by Gasteiger charge is -2.32. The van der Waals surface area contributed by atoms with E-state index in [1.165, 1.54) is 56.6 Å². The molecule has 0 aromatic heterocycles. The minimum atomic E-state index is -4.42. The summed E-state index contributed by atoms with van der Waals surface area (Å²) in [5.41, 5.74) is 1.80. The van der Waals surface area contributed by atoms with Gasteiger partial charge in [-0.25, -0.2) is 8.42 Å². The van der Waals surface area contributed by atoms with Gasteiger partial charge in [0, 0.05) is 24.2 Å². The molecule has 10 nitrogen and oxygen atoms in total. The van der Waals surface area contributed by atoms with Gasteiger partial charge < -0.3 is 24.4 Å². The first kappa shape index (κ1) is 33.5. The van der Waals surface area contributed by atoms with Crippen LogP contribution in [0.15, 0.2) is 65.6 Å². The monoisotopic (exact) mass is 631 g/mol. The van der Waals surface area contributed by atoms with Gasteiger partial charge in [-0.2, -0.15) is 0 Å². The van der Waals surface area contributed by atoms with Crippen molar-refractivity contribution in [2.45, 2.75) is 44.7 Å². The summed E-state index contributed by atoms with van der Waals surface area (Å²) in [6.45, 7) is 5.33. The second-order valence-corrected chi connectivity index (χ2v) is 12.1. The first-order chi connectivity index (χ1) is 20.5. The SMILES string of the molecule is CCCNC(=O)[C@@H](C)N(Cc1ccccc1C)C(=O)CN(c1cc(Cl)ccc1OC)S(=O)(=O)c1ccc(OC)c(OC)c1. The maximum Gasteiger partial charge on any atom is 0.265 e. The van der Waals surface area contributed by atoms with Gasteiger partial charge in [0.2, 0.25) is 11.8 Å². The Bertz CT molecular complexity index is 1550. The van der Waals surface area contributed by atoms with Gasteiger partial charge in [-0.05, 0) is 61.7 Å². The Labute approximate surface area is 258 Å². The third kappa shape index (κ3) is 7.91. The molecule has 3 rings (SSSR count). The van der Waals surface area contributed by atoms with E-state index >= 15 is 0 Å². The summed E-state index contributed by atoms with van der Waals surface area (Å²) in [6, 6.07) is 15.2. The van der Waals surface area contributed by atoms with Crippen LogP contribution in [0.25, 0.3) is 0 Å². The summed E-state index contributed by atoms with van der Waals surface area (Å²) in [6.07, 6.45) is 0.718. The molecular weight excluding hydrogens is 594 g/mol. The molecule has 0 saturated carbocycles. The highest BCUT2D eigenvalue weighted by Crippen LogP contribution is 2.37. The van der Waals surface area contributed by atoms with E-state index in [1.54, 1.807) is 13.0 Å². The highest BCUT2D eigenvalue weighted by Gasteiger charge is 2.34. The molecule has 43 heavy (non-hydrogen) atoms. The van der Waals surface area contributed by atoms with Gasteiger partial charge in [-0.3, -0.25) is 13.9 Å². The number of carbonyl (C=O) groups is 2. The number of rotatable bonds is 14. The van der Waals surface area contributed by atoms with E-state index in [4.69, 9.17) is 25.8 Å². The Morgan fingerprint density at radius 2 is 1.58 bits per heavy atom. The van der Waals surface area contributed by atoms with Crippen molar-refractivity contribution in [3.63, 3.8) is 0 Å². The predicted octanol–water partition coefficient (Wildman–Crippen LogP) is 4.81. The third-order valence-electron chi connectivity index (χ3n) is 6.95. The Balaban J connectivity index is 2.15. The van der Waals surface area contributed by atoms with Crippen molar-refractivity contribution >= 4 is 39.1 Å². The number of halogens is 1. The quantitative estimate of drug-likeness (QED) is 0.271. The van der Waals surface area contributed by atoms with Crippen molar-refractivity contribution < 1.29 is 32.2 Å². The number of nitrogens with one attached hydrogen (secondary N) is 1. The molecule has 232 valence electrons. The van der Waals surface area contributed by atoms with Crippen molar-refractivity contribution in [3.8, 4) is 17.2 Å². The van der Waals surface area contributed by atoms with Crippen LogP contribution in [-0.4, -0.2) is 65.6 Å². The number of hydrogen-bond donors (Lipinski definition) is 1. The maximum absolute atomic E-state index is 14.3. The summed E-state index contributed by atoms with van der Waals surface area (Å²) in [7, 11) is -0.198. The normalized spacial score (nSPS) is 11.8. The lowest BCUT2D eigenvalue weighted by atomic mass is 10.1. The molecule has 0 fully saturated rings. The second kappa shape index (κ2) is 15.0. The number of amides is 2. The second-order valence-electron chi connectivity index (χ2n) is 9.76. The van der Waals surface area contributed by atoms with Gasteiger partial charge in [0.15, 0.2) is 11.5 Å². The zero-order valence-corrected chi connectivity index (χ0v) is 26.8. The molecule has 1 N–H and O–H groups in total. The number of methoxy groups -OCH3 is 3. The molecule has 0 aliphatic carbocycles. The molecule has 3 aromatic carbocycles. The zero-order valence-electron chi connectivity index (χ0n) is 25.2. The highest BCUT2D eigenvalue weighted by molar-refractivity contribution is 7.92. The molecule has 1 atom stereocenters. The molecule has 0 saturated heterocycles. The van der Waals surface area contributed by atoms with Crippen LogP contribution in [0.2, 0.25) is 5.02 Å². The summed E-state index contributed by atoms with van der Waals surface area (Å²) in [5, 5.41) is 3.07. The fourth-order valence-electron chi connectivity index (χ4n) is 4.43. The highest BCUT2D eigenvalue weighted by atomic mass is 35.5. The fourth-order valence-corrected chi connectivity index (χ4v) is 6.02. The summed E-state index contributed by atoms with van der Waals surface area (Å²) in [5.74, 6) is -0.247. The standard InChI is InChI=1S/C31H38ClN3O7S/c1-7-16-33-31(37)22(3)34(19-23-11-9-8-10-21(23)2)30(36)20-35(26-17-24(32)12-14-27(26)40-4)43(38,39)25-13-15-28(41-5)29(18-25)42-6/h8-15,17-18,22H,7,16,19-20H2,1-6H3,(H,33,37)/t22-/m1/s1. The molecule has 0 heterocycles. The zero-order chi connectivity index (χ0) is 31.7. The van der Waals surface area contributed by atoms with E-state index in [1.807, 2.05) is 38.1 Å². The van der Waals surface area contributed by atoms with Crippen molar-refractivity contribution in [2.24, 2.45) is 0 Å². The number of aryl methyl sites for hydroxylation is 1. The minimum Gasteiger partial charge on any atom is -0.495 e. The van der Waals surface area contributed by atoms with Crippen LogP contribution in [0.3, 0.4) is 0 Å². The molecule has 0 unspecified atom stereocenters. The number of hydrogen-bond acceptors (Lipinski definition) is 7. The topological polar surface area (TPSA) is 114 Å². The molecule has 0 aliphatic rings. The first-order valence-electron chi connectivity index (χ1n) is 13.7. The Hall–Kier alpha value is -3.96. The van der Waals surface area contributed by atoms with Gasteiger partial charge in [-0.1, -0.05) is 42.8 Å². The van der Waals surface area contributed by atoms with Crippen LogP contribution in [0.5, 0.6) is 17.2 Å². The average Bonchev–Trinajstić information content (AvgIpc) is 3.01. The molecule has 0 bridgehead atoms. The molecule has 0 spiro atoms. The van der Waals surface area contributed by atoms with Crippen LogP contribution >= 0.6 is 11.6 Å². The number of ether oxygens (including phenoxy) is 3. The molecule has 12 heteroatoms. The smallest absolute Gasteiger partial charge is 0.265 e.